The highest BCUT2D eigenvalue weighted by molar-refractivity contribution is 7.10. The molecule has 1 aromatic carbocycles. The minimum Gasteiger partial charge on any atom is -0.467 e. The first-order chi connectivity index (χ1) is 12.7. The van der Waals surface area contributed by atoms with E-state index in [9.17, 15) is 9.18 Å². The first-order valence-corrected chi connectivity index (χ1v) is 8.78. The maximum Gasteiger partial charge on any atom is 0.254 e. The number of amides is 1. The number of aromatic amines is 1. The molecule has 0 saturated carbocycles. The maximum absolute atomic E-state index is 14.3. The van der Waals surface area contributed by atoms with Crippen molar-refractivity contribution in [3.63, 3.8) is 0 Å². The van der Waals surface area contributed by atoms with Crippen LogP contribution in [0.3, 0.4) is 0 Å². The van der Waals surface area contributed by atoms with Crippen molar-refractivity contribution in [1.82, 2.24) is 15.5 Å². The SMILES string of the molecule is O=C(NCc1ccco1)c1cc2c(C=Cc3cccs3)n[nH]c2cc1F. The molecule has 7 heteroatoms. The molecule has 2 N–H and O–H groups in total. The molecule has 0 radical (unpaired) electrons. The van der Waals surface area contributed by atoms with Crippen molar-refractivity contribution < 1.29 is 13.6 Å². The summed E-state index contributed by atoms with van der Waals surface area (Å²) < 4.78 is 19.5. The predicted octanol–water partition coefficient (Wildman–Crippen LogP) is 4.46. The van der Waals surface area contributed by atoms with Crippen LogP contribution < -0.4 is 5.32 Å². The summed E-state index contributed by atoms with van der Waals surface area (Å²) in [5.74, 6) is -0.509. The van der Waals surface area contributed by atoms with Gasteiger partial charge in [-0.15, -0.1) is 11.3 Å². The summed E-state index contributed by atoms with van der Waals surface area (Å²) in [5.41, 5.74) is 1.15. The number of aromatic nitrogens is 2. The molecule has 0 saturated heterocycles. The highest BCUT2D eigenvalue weighted by atomic mass is 32.1. The lowest BCUT2D eigenvalue weighted by molar-refractivity contribution is 0.0944. The number of furan rings is 1. The van der Waals surface area contributed by atoms with Gasteiger partial charge in [0, 0.05) is 16.3 Å². The standard InChI is InChI=1S/C19H14FN3O2S/c20-16-10-18-15(17(22-23-18)6-5-13-4-2-8-26-13)9-14(16)19(24)21-11-12-3-1-7-25-12/h1-10H,11H2,(H,21,24)(H,22,23). The number of carbonyl (C=O) groups excluding carboxylic acids is 1. The molecule has 4 aromatic rings. The van der Waals surface area contributed by atoms with Crippen molar-refractivity contribution >= 4 is 40.3 Å². The Morgan fingerprint density at radius 3 is 3.00 bits per heavy atom. The monoisotopic (exact) mass is 367 g/mol. The molecule has 4 rings (SSSR count). The Morgan fingerprint density at radius 2 is 2.23 bits per heavy atom. The Balaban J connectivity index is 1.61. The third-order valence-electron chi connectivity index (χ3n) is 3.88. The van der Waals surface area contributed by atoms with Gasteiger partial charge in [0.25, 0.3) is 5.91 Å². The Labute approximate surface area is 152 Å². The number of H-pyrrole nitrogens is 1. The quantitative estimate of drug-likeness (QED) is 0.547. The summed E-state index contributed by atoms with van der Waals surface area (Å²) in [7, 11) is 0. The van der Waals surface area contributed by atoms with E-state index >= 15 is 0 Å². The van der Waals surface area contributed by atoms with Gasteiger partial charge in [0.15, 0.2) is 0 Å². The molecular weight excluding hydrogens is 353 g/mol. The number of thiophene rings is 1. The van der Waals surface area contributed by atoms with Gasteiger partial charge in [0.1, 0.15) is 11.6 Å². The Morgan fingerprint density at radius 1 is 1.31 bits per heavy atom. The molecule has 0 bridgehead atoms. The van der Waals surface area contributed by atoms with E-state index < -0.39 is 11.7 Å². The first kappa shape index (κ1) is 16.3. The lowest BCUT2D eigenvalue weighted by Crippen LogP contribution is -2.23. The normalized spacial score (nSPS) is 11.4. The van der Waals surface area contributed by atoms with E-state index in [1.165, 1.54) is 18.4 Å². The molecule has 0 fully saturated rings. The second kappa shape index (κ2) is 6.97. The number of carbonyl (C=O) groups is 1. The Kier molecular flexibility index (Phi) is 4.37. The maximum atomic E-state index is 14.3. The van der Waals surface area contributed by atoms with Crippen molar-refractivity contribution in [2.45, 2.75) is 6.54 Å². The van der Waals surface area contributed by atoms with E-state index in [1.807, 2.05) is 29.7 Å². The van der Waals surface area contributed by atoms with E-state index in [-0.39, 0.29) is 12.1 Å². The van der Waals surface area contributed by atoms with Gasteiger partial charge < -0.3 is 9.73 Å². The van der Waals surface area contributed by atoms with Crippen molar-refractivity contribution in [3.8, 4) is 0 Å². The number of halogens is 1. The first-order valence-electron chi connectivity index (χ1n) is 7.90. The lowest BCUT2D eigenvalue weighted by atomic mass is 10.1. The summed E-state index contributed by atoms with van der Waals surface area (Å²) in [6, 6.07) is 10.2. The summed E-state index contributed by atoms with van der Waals surface area (Å²) in [4.78, 5) is 13.4. The number of nitrogens with zero attached hydrogens (tertiary/aromatic N) is 1. The Hall–Kier alpha value is -3.19. The zero-order valence-electron chi connectivity index (χ0n) is 13.5. The zero-order chi connectivity index (χ0) is 17.9. The topological polar surface area (TPSA) is 70.9 Å². The van der Waals surface area contributed by atoms with Gasteiger partial charge in [-0.3, -0.25) is 9.89 Å². The molecule has 0 aliphatic heterocycles. The Bertz CT molecular complexity index is 1070. The highest BCUT2D eigenvalue weighted by Gasteiger charge is 2.15. The summed E-state index contributed by atoms with van der Waals surface area (Å²) in [6.45, 7) is 0.194. The summed E-state index contributed by atoms with van der Waals surface area (Å²) >= 11 is 1.61. The molecular formula is C19H14FN3O2S. The van der Waals surface area contributed by atoms with Crippen LogP contribution in [0.15, 0.2) is 52.5 Å². The highest BCUT2D eigenvalue weighted by Crippen LogP contribution is 2.23. The van der Waals surface area contributed by atoms with Crippen LogP contribution in [0.2, 0.25) is 0 Å². The molecule has 130 valence electrons. The molecule has 3 heterocycles. The second-order valence-corrected chi connectivity index (χ2v) is 6.58. The third kappa shape index (κ3) is 3.29. The number of hydrogen-bond acceptors (Lipinski definition) is 4. The van der Waals surface area contributed by atoms with Crippen LogP contribution in [0.5, 0.6) is 0 Å². The van der Waals surface area contributed by atoms with E-state index in [4.69, 9.17) is 4.42 Å². The molecule has 0 aliphatic carbocycles. The fraction of sp³-hybridized carbons (Fsp3) is 0.0526. The van der Waals surface area contributed by atoms with Gasteiger partial charge >= 0.3 is 0 Å². The largest absolute Gasteiger partial charge is 0.467 e. The lowest BCUT2D eigenvalue weighted by Gasteiger charge is -2.05. The average Bonchev–Trinajstić information content (AvgIpc) is 3.38. The predicted molar refractivity (Wildman–Crippen MR) is 99.2 cm³/mol. The molecule has 0 unspecified atom stereocenters. The van der Waals surface area contributed by atoms with Crippen molar-refractivity contribution in [2.24, 2.45) is 0 Å². The van der Waals surface area contributed by atoms with Crippen LogP contribution in [-0.2, 0) is 6.54 Å². The molecule has 0 spiro atoms. The molecule has 0 atom stereocenters. The van der Waals surface area contributed by atoms with Crippen LogP contribution in [0.25, 0.3) is 23.1 Å². The van der Waals surface area contributed by atoms with Gasteiger partial charge in [-0.05, 0) is 41.8 Å². The number of benzene rings is 1. The van der Waals surface area contributed by atoms with E-state index in [0.717, 1.165) is 4.88 Å². The van der Waals surface area contributed by atoms with Gasteiger partial charge in [-0.25, -0.2) is 4.39 Å². The second-order valence-electron chi connectivity index (χ2n) is 5.60. The number of hydrogen-bond donors (Lipinski definition) is 2. The van der Waals surface area contributed by atoms with E-state index in [1.54, 1.807) is 23.5 Å². The molecule has 1 amide bonds. The minimum atomic E-state index is -0.605. The van der Waals surface area contributed by atoms with Gasteiger partial charge in [0.05, 0.1) is 29.6 Å². The zero-order valence-corrected chi connectivity index (χ0v) is 14.3. The summed E-state index contributed by atoms with van der Waals surface area (Å²) in [6.07, 6.45) is 5.29. The third-order valence-corrected chi connectivity index (χ3v) is 4.71. The number of nitrogens with one attached hydrogen (secondary N) is 2. The fourth-order valence-electron chi connectivity index (χ4n) is 2.58. The smallest absolute Gasteiger partial charge is 0.254 e. The van der Waals surface area contributed by atoms with Crippen LogP contribution in [0.4, 0.5) is 4.39 Å². The van der Waals surface area contributed by atoms with Crippen LogP contribution in [-0.4, -0.2) is 16.1 Å². The molecule has 0 aliphatic rings. The van der Waals surface area contributed by atoms with Gasteiger partial charge in [-0.2, -0.15) is 5.10 Å². The van der Waals surface area contributed by atoms with Crippen LogP contribution in [0, 0.1) is 5.82 Å². The molecule has 3 aromatic heterocycles. The van der Waals surface area contributed by atoms with E-state index in [2.05, 4.69) is 15.5 Å². The average molecular weight is 367 g/mol. The molecule has 26 heavy (non-hydrogen) atoms. The van der Waals surface area contributed by atoms with Gasteiger partial charge in [-0.1, -0.05) is 6.07 Å². The number of rotatable bonds is 5. The minimum absolute atomic E-state index is 0.0313. The van der Waals surface area contributed by atoms with Crippen molar-refractivity contribution in [3.05, 3.63) is 75.8 Å². The molecule has 5 nitrogen and oxygen atoms in total. The fourth-order valence-corrected chi connectivity index (χ4v) is 3.20. The van der Waals surface area contributed by atoms with Crippen molar-refractivity contribution in [1.29, 1.82) is 0 Å². The van der Waals surface area contributed by atoms with Gasteiger partial charge in [0.2, 0.25) is 0 Å². The van der Waals surface area contributed by atoms with E-state index in [0.29, 0.717) is 22.4 Å². The summed E-state index contributed by atoms with van der Waals surface area (Å²) in [5, 5.41) is 12.3. The van der Waals surface area contributed by atoms with Crippen molar-refractivity contribution in [2.75, 3.05) is 0 Å². The van der Waals surface area contributed by atoms with Crippen LogP contribution >= 0.6 is 11.3 Å². The van der Waals surface area contributed by atoms with Crippen LogP contribution in [0.1, 0.15) is 26.7 Å². The number of fused-ring (bicyclic) bond motifs is 1.